The largest absolute Gasteiger partial charge is 0.493 e. The lowest BCUT2D eigenvalue weighted by Crippen LogP contribution is -2.56. The van der Waals surface area contributed by atoms with Gasteiger partial charge in [0.2, 0.25) is 11.7 Å². The smallest absolute Gasteiger partial charge is 0.247 e. The minimum absolute atomic E-state index is 0.0608. The van der Waals surface area contributed by atoms with Crippen LogP contribution in [-0.4, -0.2) is 49.4 Å². The molecule has 3 unspecified atom stereocenters. The van der Waals surface area contributed by atoms with Crippen molar-refractivity contribution in [2.24, 2.45) is 5.92 Å². The average Bonchev–Trinajstić information content (AvgIpc) is 2.90. The van der Waals surface area contributed by atoms with Gasteiger partial charge in [0.1, 0.15) is 0 Å². The summed E-state index contributed by atoms with van der Waals surface area (Å²) < 4.78 is 16.7. The van der Waals surface area contributed by atoms with Gasteiger partial charge >= 0.3 is 0 Å². The average molecular weight is 494 g/mol. The quantitative estimate of drug-likeness (QED) is 0.498. The van der Waals surface area contributed by atoms with E-state index in [1.807, 2.05) is 35.2 Å². The second-order valence-electron chi connectivity index (χ2n) is 10.3. The first-order chi connectivity index (χ1) is 17.3. The summed E-state index contributed by atoms with van der Waals surface area (Å²) in [5.74, 6) is 1.95. The Morgan fingerprint density at radius 1 is 1.03 bits per heavy atom. The molecule has 1 aliphatic carbocycles. The highest BCUT2D eigenvalue weighted by Gasteiger charge is 2.50. The molecule has 1 heterocycles. The van der Waals surface area contributed by atoms with E-state index in [1.54, 1.807) is 27.4 Å². The minimum Gasteiger partial charge on any atom is -0.493 e. The molecule has 1 aliphatic heterocycles. The number of benzene rings is 2. The second kappa shape index (κ2) is 11.0. The molecule has 1 N–H and O–H groups in total. The van der Waals surface area contributed by atoms with Crippen LogP contribution in [0.3, 0.4) is 0 Å². The number of carbonyl (C=O) groups is 1. The number of piperidine rings is 1. The summed E-state index contributed by atoms with van der Waals surface area (Å²) in [6, 6.07) is 11.9. The molecule has 6 nitrogen and oxygen atoms in total. The zero-order valence-corrected chi connectivity index (χ0v) is 22.1. The van der Waals surface area contributed by atoms with Gasteiger partial charge in [0.05, 0.1) is 33.0 Å². The topological polar surface area (TPSA) is 68.2 Å². The summed E-state index contributed by atoms with van der Waals surface area (Å²) in [4.78, 5) is 15.5. The highest BCUT2D eigenvalue weighted by Crippen LogP contribution is 2.51. The Morgan fingerprint density at radius 3 is 2.28 bits per heavy atom. The van der Waals surface area contributed by atoms with E-state index in [9.17, 15) is 9.90 Å². The van der Waals surface area contributed by atoms with Crippen molar-refractivity contribution < 1.29 is 24.1 Å². The maximum atomic E-state index is 13.6. The van der Waals surface area contributed by atoms with Crippen molar-refractivity contribution in [3.8, 4) is 17.2 Å². The molecular formula is C30H39NO5. The Bertz CT molecular complexity index is 1070. The number of nitrogens with zero attached hydrogens (tertiary/aromatic N) is 1. The molecule has 0 aromatic heterocycles. The molecular weight excluding hydrogens is 454 g/mol. The third kappa shape index (κ3) is 5.10. The van der Waals surface area contributed by atoms with Crippen molar-refractivity contribution in [1.82, 2.24) is 4.90 Å². The van der Waals surface area contributed by atoms with Crippen LogP contribution in [0.2, 0.25) is 0 Å². The summed E-state index contributed by atoms with van der Waals surface area (Å²) in [6.45, 7) is 4.82. The Morgan fingerprint density at radius 2 is 1.69 bits per heavy atom. The Balaban J connectivity index is 1.70. The van der Waals surface area contributed by atoms with Gasteiger partial charge in [0.25, 0.3) is 0 Å². The van der Waals surface area contributed by atoms with Gasteiger partial charge in [-0.2, -0.15) is 0 Å². The third-order valence-electron chi connectivity index (χ3n) is 7.90. The summed E-state index contributed by atoms with van der Waals surface area (Å²) >= 11 is 0. The third-order valence-corrected chi connectivity index (χ3v) is 7.90. The Kier molecular flexibility index (Phi) is 7.94. The highest BCUT2D eigenvalue weighted by molar-refractivity contribution is 5.92. The maximum absolute atomic E-state index is 13.6. The molecule has 4 rings (SSSR count). The number of ether oxygens (including phenoxy) is 3. The zero-order chi connectivity index (χ0) is 25.9. The highest BCUT2D eigenvalue weighted by atomic mass is 16.5. The predicted octanol–water partition coefficient (Wildman–Crippen LogP) is 5.74. The molecule has 0 spiro atoms. The van der Waals surface area contributed by atoms with E-state index in [-0.39, 0.29) is 17.9 Å². The molecule has 2 fully saturated rings. The van der Waals surface area contributed by atoms with Crippen LogP contribution in [0.25, 0.3) is 6.08 Å². The van der Waals surface area contributed by atoms with Gasteiger partial charge in [-0.05, 0) is 60.1 Å². The van der Waals surface area contributed by atoms with Crippen LogP contribution in [0.4, 0.5) is 0 Å². The predicted molar refractivity (Wildman–Crippen MR) is 142 cm³/mol. The molecule has 1 amide bonds. The van der Waals surface area contributed by atoms with Crippen molar-refractivity contribution in [1.29, 1.82) is 0 Å². The molecule has 1 saturated heterocycles. The number of amides is 1. The number of likely N-dealkylation sites (tertiary alicyclic amines) is 1. The molecule has 36 heavy (non-hydrogen) atoms. The Labute approximate surface area is 214 Å². The summed E-state index contributed by atoms with van der Waals surface area (Å²) in [6.07, 6.45) is 7.79. The molecule has 194 valence electrons. The van der Waals surface area contributed by atoms with Crippen LogP contribution in [0.15, 0.2) is 42.5 Å². The van der Waals surface area contributed by atoms with Gasteiger partial charge in [-0.25, -0.2) is 0 Å². The van der Waals surface area contributed by atoms with Gasteiger partial charge in [0.15, 0.2) is 11.5 Å². The fourth-order valence-corrected chi connectivity index (χ4v) is 5.87. The van der Waals surface area contributed by atoms with Crippen LogP contribution in [0.1, 0.15) is 74.6 Å². The van der Waals surface area contributed by atoms with Crippen molar-refractivity contribution in [3.63, 3.8) is 0 Å². The molecule has 3 atom stereocenters. The molecule has 6 heteroatoms. The molecule has 2 aromatic rings. The van der Waals surface area contributed by atoms with Crippen molar-refractivity contribution in [3.05, 3.63) is 59.2 Å². The van der Waals surface area contributed by atoms with E-state index in [2.05, 4.69) is 26.0 Å². The number of methoxy groups -OCH3 is 3. The van der Waals surface area contributed by atoms with Gasteiger partial charge in [-0.3, -0.25) is 4.79 Å². The lowest BCUT2D eigenvalue weighted by Gasteiger charge is -2.52. The van der Waals surface area contributed by atoms with Gasteiger partial charge in [0, 0.05) is 18.5 Å². The lowest BCUT2D eigenvalue weighted by molar-refractivity contribution is -0.151. The van der Waals surface area contributed by atoms with E-state index in [0.717, 1.165) is 36.8 Å². The monoisotopic (exact) mass is 493 g/mol. The van der Waals surface area contributed by atoms with Crippen LogP contribution in [-0.2, 0) is 4.79 Å². The maximum Gasteiger partial charge on any atom is 0.247 e. The van der Waals surface area contributed by atoms with E-state index in [0.29, 0.717) is 36.1 Å². The molecule has 0 bridgehead atoms. The number of rotatable bonds is 7. The summed E-state index contributed by atoms with van der Waals surface area (Å²) in [7, 11) is 4.76. The van der Waals surface area contributed by atoms with E-state index >= 15 is 0 Å². The SMILES string of the molecule is COc1cc(C2C3CCCCC3(O)CCN2C(=O)C=Cc2ccc(C(C)C)cc2)cc(OC)c1OC. The second-order valence-corrected chi connectivity index (χ2v) is 10.3. The van der Waals surface area contributed by atoms with Crippen molar-refractivity contribution in [2.75, 3.05) is 27.9 Å². The first kappa shape index (κ1) is 26.1. The van der Waals surface area contributed by atoms with Crippen LogP contribution in [0.5, 0.6) is 17.2 Å². The van der Waals surface area contributed by atoms with E-state index in [1.165, 1.54) is 5.56 Å². The first-order valence-corrected chi connectivity index (χ1v) is 12.9. The van der Waals surface area contributed by atoms with Crippen molar-refractivity contribution >= 4 is 12.0 Å². The number of hydrogen-bond donors (Lipinski definition) is 1. The standard InChI is InChI=1S/C30H39NO5/c1-20(2)22-12-9-21(10-13-22)11-14-27(32)31-17-16-30(33)15-7-6-8-24(30)28(31)23-18-25(34-3)29(36-5)26(19-23)35-4/h9-14,18-20,24,28,33H,6-8,15-17H2,1-5H3. The van der Waals surface area contributed by atoms with E-state index in [4.69, 9.17) is 14.2 Å². The van der Waals surface area contributed by atoms with Crippen molar-refractivity contribution in [2.45, 2.75) is 63.5 Å². The first-order valence-electron chi connectivity index (χ1n) is 12.9. The number of hydrogen-bond acceptors (Lipinski definition) is 5. The van der Waals surface area contributed by atoms with Gasteiger partial charge in [-0.1, -0.05) is 51.0 Å². The lowest BCUT2D eigenvalue weighted by atomic mass is 9.66. The molecule has 1 saturated carbocycles. The fourth-order valence-electron chi connectivity index (χ4n) is 5.87. The van der Waals surface area contributed by atoms with Crippen LogP contribution < -0.4 is 14.2 Å². The summed E-state index contributed by atoms with van der Waals surface area (Å²) in [5, 5.41) is 11.6. The normalized spacial score (nSPS) is 24.0. The molecule has 2 aliphatic rings. The Hall–Kier alpha value is -2.99. The minimum atomic E-state index is -0.781. The molecule has 2 aromatic carbocycles. The summed E-state index contributed by atoms with van der Waals surface area (Å²) in [5.41, 5.74) is 2.37. The number of fused-ring (bicyclic) bond motifs is 1. The van der Waals surface area contributed by atoms with Gasteiger partial charge < -0.3 is 24.2 Å². The zero-order valence-electron chi connectivity index (χ0n) is 22.1. The van der Waals surface area contributed by atoms with Crippen LogP contribution in [0, 0.1) is 5.92 Å². The van der Waals surface area contributed by atoms with Crippen LogP contribution >= 0.6 is 0 Å². The number of aliphatic hydroxyl groups is 1. The molecule has 0 radical (unpaired) electrons. The fraction of sp³-hybridized carbons (Fsp3) is 0.500. The van der Waals surface area contributed by atoms with E-state index < -0.39 is 5.60 Å². The van der Waals surface area contributed by atoms with Gasteiger partial charge in [-0.15, -0.1) is 0 Å². The number of carbonyl (C=O) groups excluding carboxylic acids is 1.